The first-order chi connectivity index (χ1) is 8.60. The van der Waals surface area contributed by atoms with Gasteiger partial charge in [-0.2, -0.15) is 0 Å². The first-order valence-corrected chi connectivity index (χ1v) is 5.55. The lowest BCUT2D eigenvalue weighted by Gasteiger charge is -2.21. The number of hydrogen-bond acceptors (Lipinski definition) is 5. The van der Waals surface area contributed by atoms with E-state index in [0.717, 1.165) is 5.56 Å². The fourth-order valence-corrected chi connectivity index (χ4v) is 1.72. The van der Waals surface area contributed by atoms with Crippen LogP contribution in [-0.2, 0) is 19.1 Å². The molecule has 0 saturated heterocycles. The predicted octanol–water partition coefficient (Wildman–Crippen LogP) is 0.834. The topological polar surface area (TPSA) is 78.6 Å². The maximum atomic E-state index is 11.5. The number of hydrogen-bond donors (Lipinski definition) is 1. The molecule has 1 unspecified atom stereocenters. The number of benzene rings is 1. The maximum Gasteiger partial charge on any atom is 0.323 e. The van der Waals surface area contributed by atoms with E-state index in [0.29, 0.717) is 0 Å². The van der Waals surface area contributed by atoms with E-state index in [1.54, 1.807) is 0 Å². The normalized spacial score (nSPS) is 13.5. The summed E-state index contributed by atoms with van der Waals surface area (Å²) in [4.78, 5) is 22.9. The fraction of sp³-hybridized carbons (Fsp3) is 0.385. The molecule has 98 valence electrons. The molecule has 0 radical (unpaired) electrons. The standard InChI is InChI=1S/C13H17NO4/c1-17-11(15)8-10(12(14)13(16)18-2)9-6-4-3-5-7-9/h3-7,10,12H,8,14H2,1-2H3/t10?,12-/m0/s1. The highest BCUT2D eigenvalue weighted by atomic mass is 16.5. The number of carbonyl (C=O) groups excluding carboxylic acids is 2. The predicted molar refractivity (Wildman–Crippen MR) is 65.8 cm³/mol. The average molecular weight is 251 g/mol. The second kappa shape index (κ2) is 6.76. The molecule has 0 aromatic heterocycles. The lowest BCUT2D eigenvalue weighted by atomic mass is 9.89. The largest absolute Gasteiger partial charge is 0.469 e. The molecule has 2 N–H and O–H groups in total. The monoisotopic (exact) mass is 251 g/mol. The number of carbonyl (C=O) groups is 2. The van der Waals surface area contributed by atoms with Crippen LogP contribution < -0.4 is 5.73 Å². The number of rotatable bonds is 5. The molecule has 0 heterocycles. The highest BCUT2D eigenvalue weighted by Crippen LogP contribution is 2.23. The zero-order chi connectivity index (χ0) is 13.5. The lowest BCUT2D eigenvalue weighted by Crippen LogP contribution is -2.38. The summed E-state index contributed by atoms with van der Waals surface area (Å²) >= 11 is 0. The van der Waals surface area contributed by atoms with Crippen LogP contribution in [0.15, 0.2) is 30.3 Å². The van der Waals surface area contributed by atoms with Crippen molar-refractivity contribution in [2.45, 2.75) is 18.4 Å². The van der Waals surface area contributed by atoms with E-state index < -0.39 is 23.9 Å². The molecule has 2 atom stereocenters. The second-order valence-electron chi connectivity index (χ2n) is 3.85. The Kier molecular flexibility index (Phi) is 5.32. The Hall–Kier alpha value is -1.88. The van der Waals surface area contributed by atoms with Gasteiger partial charge in [0.05, 0.1) is 20.6 Å². The molecule has 1 aromatic rings. The minimum absolute atomic E-state index is 0.0385. The van der Waals surface area contributed by atoms with Gasteiger partial charge in [0.15, 0.2) is 0 Å². The van der Waals surface area contributed by atoms with Crippen molar-refractivity contribution in [1.29, 1.82) is 0 Å². The van der Waals surface area contributed by atoms with E-state index in [1.807, 2.05) is 30.3 Å². The van der Waals surface area contributed by atoms with E-state index in [4.69, 9.17) is 5.73 Å². The second-order valence-corrected chi connectivity index (χ2v) is 3.85. The third kappa shape index (κ3) is 3.56. The summed E-state index contributed by atoms with van der Waals surface area (Å²) in [5.41, 5.74) is 6.63. The van der Waals surface area contributed by atoms with E-state index in [2.05, 4.69) is 9.47 Å². The molecular weight excluding hydrogens is 234 g/mol. The third-order valence-corrected chi connectivity index (χ3v) is 2.75. The summed E-state index contributed by atoms with van der Waals surface area (Å²) < 4.78 is 9.23. The molecule has 18 heavy (non-hydrogen) atoms. The van der Waals surface area contributed by atoms with E-state index >= 15 is 0 Å². The summed E-state index contributed by atoms with van der Waals surface area (Å²) in [7, 11) is 2.57. The minimum Gasteiger partial charge on any atom is -0.469 e. The van der Waals surface area contributed by atoms with Gasteiger partial charge in [-0.3, -0.25) is 9.59 Å². The summed E-state index contributed by atoms with van der Waals surface area (Å²) in [6.45, 7) is 0. The molecular formula is C13H17NO4. The Morgan fingerprint density at radius 1 is 1.17 bits per heavy atom. The van der Waals surface area contributed by atoms with Gasteiger partial charge in [0.2, 0.25) is 0 Å². The van der Waals surface area contributed by atoms with Crippen molar-refractivity contribution in [3.63, 3.8) is 0 Å². The number of ether oxygens (including phenoxy) is 2. The Balaban J connectivity index is 2.95. The Morgan fingerprint density at radius 3 is 2.28 bits per heavy atom. The summed E-state index contributed by atoms with van der Waals surface area (Å²) in [6.07, 6.45) is 0.0385. The van der Waals surface area contributed by atoms with Crippen LogP contribution in [0, 0.1) is 0 Å². The van der Waals surface area contributed by atoms with Gasteiger partial charge in [0, 0.05) is 5.92 Å². The van der Waals surface area contributed by atoms with Crippen LogP contribution >= 0.6 is 0 Å². The number of methoxy groups -OCH3 is 2. The lowest BCUT2D eigenvalue weighted by molar-refractivity contribution is -0.144. The van der Waals surface area contributed by atoms with Gasteiger partial charge in [-0.1, -0.05) is 30.3 Å². The molecule has 0 aliphatic heterocycles. The van der Waals surface area contributed by atoms with Gasteiger partial charge >= 0.3 is 11.9 Å². The zero-order valence-corrected chi connectivity index (χ0v) is 10.5. The fourth-order valence-electron chi connectivity index (χ4n) is 1.72. The van der Waals surface area contributed by atoms with Crippen molar-refractivity contribution in [2.75, 3.05) is 14.2 Å². The van der Waals surface area contributed by atoms with Crippen molar-refractivity contribution < 1.29 is 19.1 Å². The van der Waals surface area contributed by atoms with Gasteiger partial charge < -0.3 is 15.2 Å². The maximum absolute atomic E-state index is 11.5. The molecule has 5 nitrogen and oxygen atoms in total. The smallest absolute Gasteiger partial charge is 0.323 e. The molecule has 0 aliphatic carbocycles. The van der Waals surface area contributed by atoms with E-state index in [-0.39, 0.29) is 6.42 Å². The van der Waals surface area contributed by atoms with Crippen molar-refractivity contribution >= 4 is 11.9 Å². The van der Waals surface area contributed by atoms with Gasteiger partial charge in [0.1, 0.15) is 6.04 Å². The molecule has 1 rings (SSSR count). The van der Waals surface area contributed by atoms with E-state index in [1.165, 1.54) is 14.2 Å². The van der Waals surface area contributed by atoms with Crippen LogP contribution in [0.5, 0.6) is 0 Å². The van der Waals surface area contributed by atoms with Gasteiger partial charge in [0.25, 0.3) is 0 Å². The molecule has 0 aliphatic rings. The van der Waals surface area contributed by atoms with Crippen molar-refractivity contribution in [3.8, 4) is 0 Å². The molecule has 0 fully saturated rings. The highest BCUT2D eigenvalue weighted by molar-refractivity contribution is 5.79. The molecule has 1 aromatic carbocycles. The third-order valence-electron chi connectivity index (χ3n) is 2.75. The van der Waals surface area contributed by atoms with Crippen LogP contribution in [0.25, 0.3) is 0 Å². The van der Waals surface area contributed by atoms with Gasteiger partial charge in [-0.25, -0.2) is 0 Å². The Morgan fingerprint density at radius 2 is 1.78 bits per heavy atom. The summed E-state index contributed by atoms with van der Waals surface area (Å²) in [5.74, 6) is -1.41. The van der Waals surface area contributed by atoms with Gasteiger partial charge in [-0.15, -0.1) is 0 Å². The molecule has 5 heteroatoms. The highest BCUT2D eigenvalue weighted by Gasteiger charge is 2.29. The van der Waals surface area contributed by atoms with Crippen molar-refractivity contribution in [1.82, 2.24) is 0 Å². The molecule has 0 bridgehead atoms. The van der Waals surface area contributed by atoms with Crippen LogP contribution in [0.1, 0.15) is 17.9 Å². The average Bonchev–Trinajstić information content (AvgIpc) is 2.43. The summed E-state index contributed by atoms with van der Waals surface area (Å²) in [6, 6.07) is 8.24. The first-order valence-electron chi connectivity index (χ1n) is 5.55. The van der Waals surface area contributed by atoms with Crippen LogP contribution in [0.3, 0.4) is 0 Å². The number of esters is 2. The molecule has 0 spiro atoms. The van der Waals surface area contributed by atoms with Crippen molar-refractivity contribution in [3.05, 3.63) is 35.9 Å². The van der Waals surface area contributed by atoms with Crippen LogP contribution in [0.2, 0.25) is 0 Å². The summed E-state index contributed by atoms with van der Waals surface area (Å²) in [5, 5.41) is 0. The van der Waals surface area contributed by atoms with E-state index in [9.17, 15) is 9.59 Å². The minimum atomic E-state index is -0.892. The quantitative estimate of drug-likeness (QED) is 0.784. The zero-order valence-electron chi connectivity index (χ0n) is 10.5. The Bertz CT molecular complexity index is 405. The van der Waals surface area contributed by atoms with Crippen LogP contribution in [-0.4, -0.2) is 32.2 Å². The number of nitrogens with two attached hydrogens (primary N) is 1. The van der Waals surface area contributed by atoms with Crippen molar-refractivity contribution in [2.24, 2.45) is 5.73 Å². The van der Waals surface area contributed by atoms with Crippen LogP contribution in [0.4, 0.5) is 0 Å². The molecule has 0 saturated carbocycles. The SMILES string of the molecule is COC(=O)CC(c1ccccc1)[C@H](N)C(=O)OC. The molecule has 0 amide bonds. The first kappa shape index (κ1) is 14.2. The van der Waals surface area contributed by atoms with Gasteiger partial charge in [-0.05, 0) is 5.56 Å². The Labute approximate surface area is 106 Å².